The first-order valence-corrected chi connectivity index (χ1v) is 8.25. The van der Waals surface area contributed by atoms with Crippen LogP contribution in [0.1, 0.15) is 53.0 Å². The first kappa shape index (κ1) is 15.2. The lowest BCUT2D eigenvalue weighted by molar-refractivity contribution is 0.0673. The van der Waals surface area contributed by atoms with Crippen molar-refractivity contribution in [2.45, 2.75) is 37.3 Å². The molecule has 1 saturated carbocycles. The standard InChI is InChI=1S/C18H20N2O4/c1-23-14-4-2-3-12(7-14)16-8-13(21)10-20(16)18(22)17-9-15(19-24-17)11-5-6-11/h2-4,7,9,11,13,16,21H,5-6,8,10H2,1H3. The minimum atomic E-state index is -0.545. The Morgan fingerprint density at radius 2 is 2.21 bits per heavy atom. The van der Waals surface area contributed by atoms with Gasteiger partial charge in [-0.15, -0.1) is 0 Å². The molecule has 2 heterocycles. The maximum atomic E-state index is 12.8. The number of likely N-dealkylation sites (tertiary alicyclic amines) is 1. The van der Waals surface area contributed by atoms with E-state index >= 15 is 0 Å². The molecule has 0 bridgehead atoms. The van der Waals surface area contributed by atoms with Gasteiger partial charge in [-0.3, -0.25) is 4.79 Å². The van der Waals surface area contributed by atoms with Gasteiger partial charge in [-0.1, -0.05) is 17.3 Å². The van der Waals surface area contributed by atoms with Crippen molar-refractivity contribution in [3.63, 3.8) is 0 Å². The fourth-order valence-electron chi connectivity index (χ4n) is 3.31. The van der Waals surface area contributed by atoms with Gasteiger partial charge in [0.05, 0.1) is 24.9 Å². The van der Waals surface area contributed by atoms with E-state index in [1.165, 1.54) is 0 Å². The van der Waals surface area contributed by atoms with Crippen molar-refractivity contribution < 1.29 is 19.2 Å². The molecule has 1 N–H and O–H groups in total. The number of methoxy groups -OCH3 is 1. The Labute approximate surface area is 140 Å². The van der Waals surface area contributed by atoms with Crippen LogP contribution in [-0.4, -0.2) is 40.8 Å². The van der Waals surface area contributed by atoms with Crippen LogP contribution in [0.3, 0.4) is 0 Å². The van der Waals surface area contributed by atoms with Gasteiger partial charge in [-0.05, 0) is 37.0 Å². The molecule has 2 atom stereocenters. The average molecular weight is 328 g/mol. The molecule has 1 aliphatic carbocycles. The summed E-state index contributed by atoms with van der Waals surface area (Å²) in [5, 5.41) is 14.1. The second-order valence-electron chi connectivity index (χ2n) is 6.53. The summed E-state index contributed by atoms with van der Waals surface area (Å²) in [6, 6.07) is 9.14. The van der Waals surface area contributed by atoms with Crippen molar-refractivity contribution in [2.24, 2.45) is 0 Å². The van der Waals surface area contributed by atoms with Gasteiger partial charge in [0.15, 0.2) is 0 Å². The summed E-state index contributed by atoms with van der Waals surface area (Å²) in [7, 11) is 1.61. The minimum absolute atomic E-state index is 0.197. The predicted octanol–water partition coefficient (Wildman–Crippen LogP) is 2.51. The van der Waals surface area contributed by atoms with Gasteiger partial charge >= 0.3 is 0 Å². The zero-order valence-corrected chi connectivity index (χ0v) is 13.5. The van der Waals surface area contributed by atoms with Gasteiger partial charge in [-0.25, -0.2) is 0 Å². The van der Waals surface area contributed by atoms with Gasteiger partial charge in [0.25, 0.3) is 5.91 Å². The Morgan fingerprint density at radius 1 is 1.38 bits per heavy atom. The monoisotopic (exact) mass is 328 g/mol. The van der Waals surface area contributed by atoms with Crippen LogP contribution >= 0.6 is 0 Å². The zero-order valence-electron chi connectivity index (χ0n) is 13.5. The molecule has 24 heavy (non-hydrogen) atoms. The number of hydrogen-bond donors (Lipinski definition) is 1. The molecule has 0 radical (unpaired) electrons. The molecule has 1 aliphatic heterocycles. The van der Waals surface area contributed by atoms with Gasteiger partial charge < -0.3 is 19.3 Å². The van der Waals surface area contributed by atoms with Crippen LogP contribution in [0.2, 0.25) is 0 Å². The normalized spacial score (nSPS) is 23.5. The predicted molar refractivity (Wildman–Crippen MR) is 85.9 cm³/mol. The molecule has 0 spiro atoms. The lowest BCUT2D eigenvalue weighted by Crippen LogP contribution is -2.31. The molecule has 6 heteroatoms. The van der Waals surface area contributed by atoms with Crippen LogP contribution in [-0.2, 0) is 0 Å². The van der Waals surface area contributed by atoms with Crippen molar-refractivity contribution in [2.75, 3.05) is 13.7 Å². The van der Waals surface area contributed by atoms with Crippen LogP contribution in [0.5, 0.6) is 5.75 Å². The number of carbonyl (C=O) groups is 1. The molecule has 2 aliphatic rings. The van der Waals surface area contributed by atoms with E-state index in [9.17, 15) is 9.90 Å². The number of benzene rings is 1. The highest BCUT2D eigenvalue weighted by atomic mass is 16.5. The molecule has 2 fully saturated rings. The SMILES string of the molecule is COc1cccc(C2CC(O)CN2C(=O)c2cc(C3CC3)no2)c1. The number of hydrogen-bond acceptors (Lipinski definition) is 5. The number of nitrogens with zero attached hydrogens (tertiary/aromatic N) is 2. The first-order chi connectivity index (χ1) is 11.7. The number of aliphatic hydroxyl groups excluding tert-OH is 1. The number of β-amino-alcohol motifs (C(OH)–C–C–N with tert-alkyl or cyclic N) is 1. The summed E-state index contributed by atoms with van der Waals surface area (Å²) in [4.78, 5) is 14.5. The van der Waals surface area contributed by atoms with Gasteiger partial charge in [0.2, 0.25) is 5.76 Å². The molecule has 1 aromatic heterocycles. The Kier molecular flexibility index (Phi) is 3.76. The second-order valence-corrected chi connectivity index (χ2v) is 6.53. The highest BCUT2D eigenvalue weighted by Gasteiger charge is 2.38. The second kappa shape index (κ2) is 5.94. The summed E-state index contributed by atoms with van der Waals surface area (Å²) < 4.78 is 10.5. The maximum Gasteiger partial charge on any atom is 0.293 e. The summed E-state index contributed by atoms with van der Waals surface area (Å²) in [5.74, 6) is 1.20. The number of aromatic nitrogens is 1. The molecule has 2 unspecified atom stereocenters. The Morgan fingerprint density at radius 3 is 2.96 bits per heavy atom. The molecule has 126 valence electrons. The fraction of sp³-hybridized carbons (Fsp3) is 0.444. The lowest BCUT2D eigenvalue weighted by atomic mass is 10.0. The summed E-state index contributed by atoms with van der Waals surface area (Å²) >= 11 is 0. The first-order valence-electron chi connectivity index (χ1n) is 8.25. The smallest absolute Gasteiger partial charge is 0.293 e. The largest absolute Gasteiger partial charge is 0.497 e. The third-order valence-electron chi connectivity index (χ3n) is 4.75. The fourth-order valence-corrected chi connectivity index (χ4v) is 3.31. The Balaban J connectivity index is 1.60. The maximum absolute atomic E-state index is 12.8. The molecule has 1 saturated heterocycles. The average Bonchev–Trinajstić information content (AvgIpc) is 3.20. The number of rotatable bonds is 4. The molecule has 6 nitrogen and oxygen atoms in total. The van der Waals surface area contributed by atoms with Gasteiger partial charge in [-0.2, -0.15) is 0 Å². The van der Waals surface area contributed by atoms with Crippen molar-refractivity contribution >= 4 is 5.91 Å². The minimum Gasteiger partial charge on any atom is -0.497 e. The third kappa shape index (κ3) is 2.78. The Hall–Kier alpha value is -2.34. The van der Waals surface area contributed by atoms with E-state index in [4.69, 9.17) is 9.26 Å². The molecular formula is C18H20N2O4. The van der Waals surface area contributed by atoms with E-state index in [-0.39, 0.29) is 17.7 Å². The van der Waals surface area contributed by atoms with Crippen molar-refractivity contribution in [3.8, 4) is 5.75 Å². The highest BCUT2D eigenvalue weighted by molar-refractivity contribution is 5.92. The van der Waals surface area contributed by atoms with Crippen LogP contribution in [0.25, 0.3) is 0 Å². The van der Waals surface area contributed by atoms with E-state index in [0.29, 0.717) is 18.9 Å². The van der Waals surface area contributed by atoms with Crippen LogP contribution in [0.15, 0.2) is 34.9 Å². The number of aliphatic hydroxyl groups is 1. The van der Waals surface area contributed by atoms with Crippen molar-refractivity contribution in [1.29, 1.82) is 0 Å². The van der Waals surface area contributed by atoms with E-state index in [0.717, 1.165) is 29.8 Å². The van der Waals surface area contributed by atoms with Gasteiger partial charge in [0.1, 0.15) is 5.75 Å². The zero-order chi connectivity index (χ0) is 16.7. The lowest BCUT2D eigenvalue weighted by Gasteiger charge is -2.23. The third-order valence-corrected chi connectivity index (χ3v) is 4.75. The van der Waals surface area contributed by atoms with Crippen molar-refractivity contribution in [1.82, 2.24) is 10.1 Å². The number of ether oxygens (including phenoxy) is 1. The summed E-state index contributed by atoms with van der Waals surface area (Å²) in [6.45, 7) is 0.292. The molecular weight excluding hydrogens is 308 g/mol. The van der Waals surface area contributed by atoms with Gasteiger partial charge in [0, 0.05) is 18.5 Å². The molecule has 1 amide bonds. The quantitative estimate of drug-likeness (QED) is 0.933. The van der Waals surface area contributed by atoms with E-state index in [1.54, 1.807) is 18.1 Å². The molecule has 4 rings (SSSR count). The topological polar surface area (TPSA) is 75.8 Å². The van der Waals surface area contributed by atoms with E-state index in [1.807, 2.05) is 24.3 Å². The highest BCUT2D eigenvalue weighted by Crippen LogP contribution is 2.40. The number of carbonyl (C=O) groups excluding carboxylic acids is 1. The van der Waals surface area contributed by atoms with Crippen LogP contribution < -0.4 is 4.74 Å². The van der Waals surface area contributed by atoms with Crippen LogP contribution in [0.4, 0.5) is 0 Å². The van der Waals surface area contributed by atoms with Crippen LogP contribution in [0, 0.1) is 0 Å². The summed E-state index contributed by atoms with van der Waals surface area (Å²) in [5.41, 5.74) is 1.80. The van der Waals surface area contributed by atoms with E-state index < -0.39 is 6.10 Å². The Bertz CT molecular complexity index is 753. The number of amides is 1. The molecule has 2 aromatic rings. The van der Waals surface area contributed by atoms with Crippen molar-refractivity contribution in [3.05, 3.63) is 47.3 Å². The summed E-state index contributed by atoms with van der Waals surface area (Å²) in [6.07, 6.45) is 2.17. The van der Waals surface area contributed by atoms with E-state index in [2.05, 4.69) is 5.16 Å². The molecule has 1 aromatic carbocycles.